The maximum atomic E-state index is 2.43. The Morgan fingerprint density at radius 1 is 0.545 bits per heavy atom. The summed E-state index contributed by atoms with van der Waals surface area (Å²) in [5.41, 5.74) is 10.0. The van der Waals surface area contributed by atoms with E-state index in [1.165, 1.54) is 0 Å². The van der Waals surface area contributed by atoms with Gasteiger partial charge in [-0.2, -0.15) is 0 Å². The van der Waals surface area contributed by atoms with Crippen LogP contribution in [-0.2, 0) is 23.2 Å². The first-order chi connectivity index (χ1) is 9.44. The van der Waals surface area contributed by atoms with Crippen LogP contribution in [0.2, 0.25) is 0 Å². The van der Waals surface area contributed by atoms with Gasteiger partial charge >= 0.3 is 143 Å². The van der Waals surface area contributed by atoms with Gasteiger partial charge in [0, 0.05) is 0 Å². The van der Waals surface area contributed by atoms with Crippen molar-refractivity contribution in [2.45, 2.75) is 76.7 Å². The van der Waals surface area contributed by atoms with Crippen molar-refractivity contribution in [2.75, 3.05) is 0 Å². The fraction of sp³-hybridized carbons (Fsp3) is 0.619. The van der Waals surface area contributed by atoms with Gasteiger partial charge in [-0.3, -0.25) is 0 Å². The fourth-order valence-corrected chi connectivity index (χ4v) is 8.73. The van der Waals surface area contributed by atoms with Crippen molar-refractivity contribution in [3.8, 4) is 0 Å². The van der Waals surface area contributed by atoms with Crippen LogP contribution in [-0.4, -0.2) is 0 Å². The quantitative estimate of drug-likeness (QED) is 0.485. The molecule has 0 aliphatic heterocycles. The number of hydrogen-bond donors (Lipinski definition) is 0. The Morgan fingerprint density at radius 3 is 1.00 bits per heavy atom. The molecule has 0 fully saturated rings. The van der Waals surface area contributed by atoms with Crippen LogP contribution in [0.25, 0.3) is 0 Å². The number of hydrogen-bond acceptors (Lipinski definition) is 0. The van der Waals surface area contributed by atoms with Crippen molar-refractivity contribution in [1.82, 2.24) is 0 Å². The van der Waals surface area contributed by atoms with Gasteiger partial charge < -0.3 is 0 Å². The summed E-state index contributed by atoms with van der Waals surface area (Å²) < 4.78 is 3.59. The first-order valence-corrected chi connectivity index (χ1v) is 10.5. The second kappa shape index (κ2) is 6.05. The van der Waals surface area contributed by atoms with Crippen molar-refractivity contribution in [3.63, 3.8) is 0 Å². The number of allylic oxidation sites excluding steroid dienone is 8. The molecule has 0 aromatic carbocycles. The number of rotatable bonds is 2. The second-order valence-electron chi connectivity index (χ2n) is 7.88. The molecule has 0 amide bonds. The minimum absolute atomic E-state index is 0. The first kappa shape index (κ1) is 19.9. The molecular weight excluding hydrogens is 343 g/mol. The molecule has 0 N–H and O–H groups in total. The van der Waals surface area contributed by atoms with E-state index in [0.29, 0.717) is 0 Å². The van der Waals surface area contributed by atoms with Gasteiger partial charge in [-0.25, -0.2) is 0 Å². The van der Waals surface area contributed by atoms with Crippen LogP contribution >= 0.6 is 0 Å². The van der Waals surface area contributed by atoms with E-state index in [-0.39, 0.29) is 18.3 Å². The summed E-state index contributed by atoms with van der Waals surface area (Å²) in [5, 5.41) is 0. The van der Waals surface area contributed by atoms with Crippen LogP contribution in [0.4, 0.5) is 0 Å². The fourth-order valence-electron chi connectivity index (χ4n) is 3.81. The van der Waals surface area contributed by atoms with Crippen LogP contribution < -0.4 is 0 Å². The average molecular weight is 378 g/mol. The van der Waals surface area contributed by atoms with E-state index in [4.69, 9.17) is 0 Å². The van der Waals surface area contributed by atoms with Crippen molar-refractivity contribution < 1.29 is 23.2 Å². The van der Waals surface area contributed by atoms with Gasteiger partial charge in [0.15, 0.2) is 0 Å². The molecule has 0 bridgehead atoms. The molecule has 0 nitrogen and oxygen atoms in total. The van der Waals surface area contributed by atoms with Crippen molar-refractivity contribution in [2.24, 2.45) is 10.8 Å². The van der Waals surface area contributed by atoms with E-state index in [2.05, 4.69) is 69.2 Å². The second-order valence-corrected chi connectivity index (χ2v) is 10.9. The normalized spacial score (nSPS) is 23.5. The Bertz CT molecular complexity index is 575. The van der Waals surface area contributed by atoms with E-state index in [1.54, 1.807) is 40.0 Å². The molecule has 122 valence electrons. The van der Waals surface area contributed by atoms with Gasteiger partial charge in [-0.15, -0.1) is 0 Å². The van der Waals surface area contributed by atoms with E-state index in [1.807, 2.05) is 0 Å². The van der Waals surface area contributed by atoms with E-state index in [0.717, 1.165) is 0 Å². The van der Waals surface area contributed by atoms with E-state index >= 15 is 0 Å². The molecule has 2 rings (SSSR count). The average Bonchev–Trinajstić information content (AvgIpc) is 2.63. The van der Waals surface area contributed by atoms with Crippen molar-refractivity contribution in [1.29, 1.82) is 0 Å². The summed E-state index contributed by atoms with van der Waals surface area (Å²) >= 11 is -0.730. The topological polar surface area (TPSA) is 0 Å². The first-order valence-electron chi connectivity index (χ1n) is 8.00. The molecule has 1 heteroatoms. The van der Waals surface area contributed by atoms with Crippen LogP contribution in [0.1, 0.15) is 76.7 Å². The molecule has 22 heavy (non-hydrogen) atoms. The predicted octanol–water partition coefficient (Wildman–Crippen LogP) is 7.01. The zero-order chi connectivity index (χ0) is 16.3. The minimum atomic E-state index is -0.730. The predicted molar refractivity (Wildman–Crippen MR) is 96.4 cm³/mol. The van der Waals surface area contributed by atoms with Gasteiger partial charge in [0.05, 0.1) is 0 Å². The van der Waals surface area contributed by atoms with Gasteiger partial charge in [0.25, 0.3) is 0 Å². The maximum absolute atomic E-state index is 2.43. The summed E-state index contributed by atoms with van der Waals surface area (Å²) in [5.74, 6) is 0. The van der Waals surface area contributed by atoms with Gasteiger partial charge in [-0.05, 0) is 0 Å². The van der Waals surface area contributed by atoms with Gasteiger partial charge in [0.1, 0.15) is 0 Å². The van der Waals surface area contributed by atoms with Crippen molar-refractivity contribution in [3.05, 3.63) is 40.0 Å². The molecule has 0 radical (unpaired) electrons. The summed E-state index contributed by atoms with van der Waals surface area (Å²) in [6.45, 7) is 23.7. The Hall–Kier alpha value is -0.157. The summed E-state index contributed by atoms with van der Waals surface area (Å²) in [6, 6.07) is 0. The Morgan fingerprint density at radius 2 is 0.818 bits per heavy atom. The standard InChI is InChI=1S/2C10H15.CH4.Zr/c2*1-7-6-10(4,5)9(3)8(7)2;;/h2*1-5H3;1H4;. The Balaban J connectivity index is 0.00000242. The Kier molecular flexibility index (Phi) is 5.47. The third kappa shape index (κ3) is 2.62. The monoisotopic (exact) mass is 376 g/mol. The van der Waals surface area contributed by atoms with Gasteiger partial charge in [0.2, 0.25) is 0 Å². The van der Waals surface area contributed by atoms with Crippen LogP contribution in [0.15, 0.2) is 40.0 Å². The summed E-state index contributed by atoms with van der Waals surface area (Å²) in [7, 11) is 0. The zero-order valence-corrected chi connectivity index (χ0v) is 18.0. The SMILES string of the molecule is C.CC1=C(C)C(C)(C)[C]([Zr][C]2=C(C)C(C)=C(C)C2(C)C)=C1C. The van der Waals surface area contributed by atoms with Crippen LogP contribution in [0.5, 0.6) is 0 Å². The third-order valence-corrected chi connectivity index (χ3v) is 12.5. The molecule has 0 aromatic heterocycles. The molecule has 2 aliphatic carbocycles. The van der Waals surface area contributed by atoms with E-state index < -0.39 is 23.2 Å². The van der Waals surface area contributed by atoms with Crippen molar-refractivity contribution >= 4 is 0 Å². The van der Waals surface area contributed by atoms with Gasteiger partial charge in [-0.1, -0.05) is 7.43 Å². The Labute approximate surface area is 150 Å². The molecule has 2 aliphatic rings. The summed E-state index contributed by atoms with van der Waals surface area (Å²) in [6.07, 6.45) is 0. The summed E-state index contributed by atoms with van der Waals surface area (Å²) in [4.78, 5) is 0. The third-order valence-electron chi connectivity index (χ3n) is 6.38. The molecule has 0 unspecified atom stereocenters. The molecule has 0 heterocycles. The van der Waals surface area contributed by atoms with E-state index in [9.17, 15) is 0 Å². The van der Waals surface area contributed by atoms with Crippen LogP contribution in [0.3, 0.4) is 0 Å². The zero-order valence-electron chi connectivity index (χ0n) is 15.5. The molecule has 0 aromatic rings. The van der Waals surface area contributed by atoms with Crippen LogP contribution in [0, 0.1) is 10.8 Å². The molecule has 0 saturated carbocycles. The molecule has 0 spiro atoms. The molecular formula is C21H34Zr. The molecule has 0 atom stereocenters. The molecule has 0 saturated heterocycles.